The van der Waals surface area contributed by atoms with E-state index in [1.807, 2.05) is 6.07 Å². The Bertz CT molecular complexity index is 592. The summed E-state index contributed by atoms with van der Waals surface area (Å²) < 4.78 is 8.19. The monoisotopic (exact) mass is 643 g/mol. The molecule has 0 aliphatic carbocycles. The van der Waals surface area contributed by atoms with Crippen LogP contribution >= 0.6 is 67.8 Å². The van der Waals surface area contributed by atoms with Crippen LogP contribution in [0.25, 0.3) is 0 Å². The number of halogens is 3. The predicted molar refractivity (Wildman–Crippen MR) is 111 cm³/mol. The van der Waals surface area contributed by atoms with Gasteiger partial charge in [-0.05, 0) is 80.3 Å². The molecule has 0 aliphatic heterocycles. The third-order valence-corrected chi connectivity index (χ3v) is 5.65. The zero-order chi connectivity index (χ0) is 17.0. The Morgan fingerprint density at radius 3 is 2.32 bits per heavy atom. The molecule has 0 aliphatic rings. The van der Waals surface area contributed by atoms with E-state index in [4.69, 9.17) is 4.74 Å². The molecule has 0 spiro atoms. The molecule has 0 saturated heterocycles. The Labute approximate surface area is 170 Å². The number of carboxylic acids is 1. The van der Waals surface area contributed by atoms with Crippen molar-refractivity contribution in [3.8, 4) is 5.75 Å². The topological polar surface area (TPSA) is 66.8 Å². The van der Waals surface area contributed by atoms with Gasteiger partial charge in [0.15, 0.2) is 6.10 Å². The number of nitrogens with zero attached hydrogens (tertiary/aromatic N) is 1. The molecule has 1 unspecified atom stereocenters. The van der Waals surface area contributed by atoms with Crippen LogP contribution in [0.2, 0.25) is 0 Å². The van der Waals surface area contributed by atoms with E-state index in [-0.39, 0.29) is 5.91 Å². The van der Waals surface area contributed by atoms with E-state index in [1.54, 1.807) is 25.8 Å². The number of rotatable bonds is 6. The summed E-state index contributed by atoms with van der Waals surface area (Å²) in [7, 11) is 1.72. The Hall–Kier alpha value is 0.150. The molecule has 22 heavy (non-hydrogen) atoms. The summed E-state index contributed by atoms with van der Waals surface area (Å²) in [5, 5.41) is 9.18. The highest BCUT2D eigenvalue weighted by molar-refractivity contribution is 14.1. The maximum atomic E-state index is 12.0. The van der Waals surface area contributed by atoms with Crippen molar-refractivity contribution >= 4 is 85.3 Å². The lowest BCUT2D eigenvalue weighted by Gasteiger charge is -2.24. The lowest BCUT2D eigenvalue weighted by Crippen LogP contribution is -2.29. The van der Waals surface area contributed by atoms with E-state index in [9.17, 15) is 14.7 Å². The van der Waals surface area contributed by atoms with Crippen molar-refractivity contribution in [2.45, 2.75) is 32.8 Å². The molecule has 1 rings (SSSR count). The number of carboxylic acid groups (broad SMARTS) is 1. The molecule has 0 fully saturated rings. The lowest BCUT2D eigenvalue weighted by molar-refractivity contribution is -0.145. The molecule has 1 aromatic carbocycles. The van der Waals surface area contributed by atoms with Crippen LogP contribution < -0.4 is 9.64 Å². The van der Waals surface area contributed by atoms with Crippen molar-refractivity contribution < 1.29 is 19.4 Å². The van der Waals surface area contributed by atoms with Crippen molar-refractivity contribution in [3.63, 3.8) is 0 Å². The number of carbonyl (C=O) groups excluding carboxylic acids is 1. The van der Waals surface area contributed by atoms with Crippen LogP contribution in [0.1, 0.15) is 26.7 Å². The first-order valence-corrected chi connectivity index (χ1v) is 9.81. The van der Waals surface area contributed by atoms with Crippen molar-refractivity contribution in [2.75, 3.05) is 11.9 Å². The Morgan fingerprint density at radius 1 is 1.27 bits per heavy atom. The second-order valence-electron chi connectivity index (χ2n) is 4.49. The van der Waals surface area contributed by atoms with Crippen LogP contribution in [-0.4, -0.2) is 30.1 Å². The van der Waals surface area contributed by atoms with Crippen LogP contribution in [0, 0.1) is 10.7 Å². The van der Waals surface area contributed by atoms with Gasteiger partial charge < -0.3 is 14.7 Å². The summed E-state index contributed by atoms with van der Waals surface area (Å²) in [6.07, 6.45) is -0.133. The molecular weight excluding hydrogens is 627 g/mol. The molecule has 8 heteroatoms. The quantitative estimate of drug-likeness (QED) is 0.475. The number of ether oxygens (including phenoxy) is 1. The van der Waals surface area contributed by atoms with Gasteiger partial charge >= 0.3 is 5.97 Å². The fourth-order valence-electron chi connectivity index (χ4n) is 1.79. The largest absolute Gasteiger partial charge is 0.479 e. The molecular formula is C14H16I3NO4. The first-order valence-electron chi connectivity index (χ1n) is 6.58. The minimum Gasteiger partial charge on any atom is -0.479 e. The van der Waals surface area contributed by atoms with Gasteiger partial charge in [-0.3, -0.25) is 4.79 Å². The molecule has 5 nitrogen and oxygen atoms in total. The minimum absolute atomic E-state index is 0.00623. The Morgan fingerprint density at radius 2 is 1.86 bits per heavy atom. The van der Waals surface area contributed by atoms with Crippen molar-refractivity contribution in [2.24, 2.45) is 0 Å². The second kappa shape index (κ2) is 8.85. The zero-order valence-corrected chi connectivity index (χ0v) is 18.8. The zero-order valence-electron chi connectivity index (χ0n) is 12.3. The summed E-state index contributed by atoms with van der Waals surface area (Å²) in [6.45, 7) is 3.57. The number of aliphatic carboxylic acids is 1. The van der Waals surface area contributed by atoms with Crippen LogP contribution in [0.4, 0.5) is 5.69 Å². The first kappa shape index (κ1) is 20.2. The molecule has 0 saturated carbocycles. The third-order valence-electron chi connectivity index (χ3n) is 3.02. The highest BCUT2D eigenvalue weighted by atomic mass is 127. The van der Waals surface area contributed by atoms with Gasteiger partial charge in [0.2, 0.25) is 5.91 Å². The number of benzene rings is 1. The maximum absolute atomic E-state index is 12.0. The fourth-order valence-corrected chi connectivity index (χ4v) is 6.14. The fraction of sp³-hybridized carbons (Fsp3) is 0.429. The van der Waals surface area contributed by atoms with E-state index in [2.05, 4.69) is 67.8 Å². The first-order chi connectivity index (χ1) is 10.2. The Balaban J connectivity index is 3.36. The smallest absolute Gasteiger partial charge is 0.344 e. The molecule has 0 radical (unpaired) electrons. The molecule has 0 bridgehead atoms. The van der Waals surface area contributed by atoms with Gasteiger partial charge in [0, 0.05) is 17.0 Å². The van der Waals surface area contributed by atoms with E-state index < -0.39 is 12.1 Å². The van der Waals surface area contributed by atoms with Gasteiger partial charge in [-0.25, -0.2) is 4.79 Å². The molecule has 1 atom stereocenters. The highest BCUT2D eigenvalue weighted by Crippen LogP contribution is 2.39. The van der Waals surface area contributed by atoms with E-state index in [0.717, 1.165) is 16.4 Å². The van der Waals surface area contributed by atoms with E-state index in [0.29, 0.717) is 18.6 Å². The van der Waals surface area contributed by atoms with Gasteiger partial charge in [-0.1, -0.05) is 13.8 Å². The normalized spacial score (nSPS) is 11.9. The summed E-state index contributed by atoms with van der Waals surface area (Å²) >= 11 is 6.40. The van der Waals surface area contributed by atoms with Gasteiger partial charge in [-0.2, -0.15) is 0 Å². The maximum Gasteiger partial charge on any atom is 0.344 e. The number of anilines is 1. The van der Waals surface area contributed by atoms with Crippen LogP contribution in [-0.2, 0) is 9.59 Å². The summed E-state index contributed by atoms with van der Waals surface area (Å²) in [6, 6.07) is 1.89. The Kier molecular flexibility index (Phi) is 8.12. The van der Waals surface area contributed by atoms with Crippen molar-refractivity contribution in [1.29, 1.82) is 0 Å². The average Bonchev–Trinajstić information content (AvgIpc) is 2.45. The molecule has 0 aromatic heterocycles. The molecule has 1 aromatic rings. The van der Waals surface area contributed by atoms with Crippen molar-refractivity contribution in [3.05, 3.63) is 16.8 Å². The molecule has 0 heterocycles. The second-order valence-corrected chi connectivity index (χ2v) is 7.89. The van der Waals surface area contributed by atoms with Gasteiger partial charge in [0.25, 0.3) is 0 Å². The SMILES string of the molecule is CCC(=O)N(C)c1c(I)cc(I)c(OC(CC)C(=O)O)c1I. The molecule has 122 valence electrons. The van der Waals surface area contributed by atoms with Gasteiger partial charge in [-0.15, -0.1) is 0 Å². The third kappa shape index (κ3) is 4.58. The number of carbonyl (C=O) groups is 2. The van der Waals surface area contributed by atoms with Gasteiger partial charge in [0.05, 0.1) is 12.8 Å². The van der Waals surface area contributed by atoms with Crippen LogP contribution in [0.15, 0.2) is 6.07 Å². The number of hydrogen-bond donors (Lipinski definition) is 1. The van der Waals surface area contributed by atoms with E-state index in [1.165, 1.54) is 0 Å². The van der Waals surface area contributed by atoms with E-state index >= 15 is 0 Å². The minimum atomic E-state index is -0.993. The standard InChI is InChI=1S/C14H16I3NO4/c1-4-9(14(20)21)22-13-8(16)6-7(15)12(11(13)17)18(3)10(19)5-2/h6,9H,4-5H2,1-3H3,(H,20,21). The molecule has 1 amide bonds. The predicted octanol–water partition coefficient (Wildman–Crippen LogP) is 4.12. The van der Waals surface area contributed by atoms with Gasteiger partial charge in [0.1, 0.15) is 5.75 Å². The van der Waals surface area contributed by atoms with Crippen LogP contribution in [0.5, 0.6) is 5.75 Å². The summed E-state index contributed by atoms with van der Waals surface area (Å²) in [5.41, 5.74) is 0.753. The average molecular weight is 643 g/mol. The number of hydrogen-bond acceptors (Lipinski definition) is 3. The molecule has 1 N–H and O–H groups in total. The highest BCUT2D eigenvalue weighted by Gasteiger charge is 2.25. The summed E-state index contributed by atoms with van der Waals surface area (Å²) in [5.74, 6) is -0.484. The number of amides is 1. The summed E-state index contributed by atoms with van der Waals surface area (Å²) in [4.78, 5) is 24.8. The van der Waals surface area contributed by atoms with Crippen LogP contribution in [0.3, 0.4) is 0 Å². The lowest BCUT2D eigenvalue weighted by atomic mass is 10.2. The van der Waals surface area contributed by atoms with Crippen molar-refractivity contribution in [1.82, 2.24) is 0 Å².